The van der Waals surface area contributed by atoms with E-state index in [2.05, 4.69) is 152 Å². The zero-order chi connectivity index (χ0) is 33.3. The number of benzene rings is 4. The van der Waals surface area contributed by atoms with Gasteiger partial charge in [0.2, 0.25) is 0 Å². The van der Waals surface area contributed by atoms with Crippen LogP contribution >= 0.6 is 0 Å². The fraction of sp³-hybridized carbons (Fsp3) is 0.356. The van der Waals surface area contributed by atoms with E-state index in [0.29, 0.717) is 0 Å². The van der Waals surface area contributed by atoms with Crippen molar-refractivity contribution in [3.05, 3.63) is 154 Å². The molecular weight excluding hydrogens is 632 g/mol. The fourth-order valence-electron chi connectivity index (χ4n) is 6.37. The molecule has 0 nitrogen and oxygen atoms in total. The van der Waals surface area contributed by atoms with Crippen molar-refractivity contribution in [3.63, 3.8) is 0 Å². The Bertz CT molecular complexity index is 1530. The third-order valence-corrected chi connectivity index (χ3v) is 10.0. The van der Waals surface area contributed by atoms with Crippen LogP contribution < -0.4 is 0 Å². The van der Waals surface area contributed by atoms with E-state index < -0.39 is 0 Å². The first-order valence-electron chi connectivity index (χ1n) is 16.9. The van der Waals surface area contributed by atoms with Crippen molar-refractivity contribution in [2.45, 2.75) is 105 Å². The van der Waals surface area contributed by atoms with E-state index in [0.717, 1.165) is 12.8 Å². The first kappa shape index (κ1) is 36.0. The molecule has 6 rings (SSSR count). The van der Waals surface area contributed by atoms with E-state index in [1.54, 1.807) is 27.4 Å². The monoisotopic (exact) mass is 682 g/mol. The maximum absolute atomic E-state index is 3.69. The van der Waals surface area contributed by atoms with Crippen molar-refractivity contribution in [2.75, 3.05) is 0 Å². The van der Waals surface area contributed by atoms with Crippen LogP contribution in [0.1, 0.15) is 105 Å². The van der Waals surface area contributed by atoms with Crippen molar-refractivity contribution in [3.8, 4) is 11.1 Å². The van der Waals surface area contributed by atoms with Gasteiger partial charge in [-0.15, -0.1) is 23.1 Å². The average molecular weight is 684 g/mol. The standard InChI is InChI=1S/C23H29.C17H18.C5H5.Zr/c1-14-9-16-11-17-10-15(2)21(23(6,7)8)13-19(17)18(16)12-20(14)22(3,4)5;1-4-10-16(11-5-1)14-8-3-9-15-17-12-6-2-7-13-17;1-2-4-5-3-1;/h9,12-13H,11H2,1-8H3;1-2,4-7,10-13H,8-9,14-15H2;1-3H,4H2;/q-1;;-1;+2. The molecule has 0 aromatic heterocycles. The molecule has 2 aliphatic rings. The van der Waals surface area contributed by atoms with E-state index in [1.807, 2.05) is 12.2 Å². The van der Waals surface area contributed by atoms with Crippen molar-refractivity contribution >= 4 is 3.21 Å². The van der Waals surface area contributed by atoms with Gasteiger partial charge in [-0.25, -0.2) is 12.2 Å². The van der Waals surface area contributed by atoms with Gasteiger partial charge in [0, 0.05) is 0 Å². The predicted molar refractivity (Wildman–Crippen MR) is 196 cm³/mol. The van der Waals surface area contributed by atoms with Crippen LogP contribution in [0.15, 0.2) is 97.1 Å². The topological polar surface area (TPSA) is 0 Å². The van der Waals surface area contributed by atoms with E-state index in [-0.39, 0.29) is 10.8 Å². The van der Waals surface area contributed by atoms with Gasteiger partial charge < -0.3 is 0 Å². The number of rotatable bonds is 6. The molecule has 46 heavy (non-hydrogen) atoms. The summed E-state index contributed by atoms with van der Waals surface area (Å²) in [5.41, 5.74) is 14.5. The minimum atomic E-state index is 0.163. The molecule has 4 aromatic rings. The second kappa shape index (κ2) is 16.3. The van der Waals surface area contributed by atoms with Gasteiger partial charge >= 0.3 is 125 Å². The summed E-state index contributed by atoms with van der Waals surface area (Å²) in [6, 6.07) is 32.5. The molecular formula is C45H52Zr. The number of allylic oxidation sites excluding steroid dienone is 4. The van der Waals surface area contributed by atoms with Crippen LogP contribution in [0.25, 0.3) is 11.1 Å². The van der Waals surface area contributed by atoms with Gasteiger partial charge in [0.05, 0.1) is 0 Å². The summed E-state index contributed by atoms with van der Waals surface area (Å²) in [6.45, 7) is 18.2. The Hall–Kier alpha value is -2.89. The molecule has 0 heterocycles. The van der Waals surface area contributed by atoms with Crippen LogP contribution in [-0.4, -0.2) is 3.21 Å². The van der Waals surface area contributed by atoms with Gasteiger partial charge in [-0.3, -0.25) is 6.08 Å². The molecule has 0 saturated heterocycles. The van der Waals surface area contributed by atoms with Crippen molar-refractivity contribution < 1.29 is 24.2 Å². The van der Waals surface area contributed by atoms with Gasteiger partial charge in [0.25, 0.3) is 0 Å². The van der Waals surface area contributed by atoms with Crippen molar-refractivity contribution in [2.24, 2.45) is 0 Å². The van der Waals surface area contributed by atoms with Crippen LogP contribution in [0, 0.1) is 26.0 Å². The van der Waals surface area contributed by atoms with Crippen LogP contribution in [0.3, 0.4) is 0 Å². The molecule has 0 saturated carbocycles. The van der Waals surface area contributed by atoms with Gasteiger partial charge in [0.15, 0.2) is 0 Å². The molecule has 0 unspecified atom stereocenters. The molecule has 0 amide bonds. The van der Waals surface area contributed by atoms with Gasteiger partial charge in [-0.05, 0) is 35.4 Å². The third kappa shape index (κ3) is 10.3. The Kier molecular flexibility index (Phi) is 12.7. The number of hydrogen-bond acceptors (Lipinski definition) is 0. The van der Waals surface area contributed by atoms with Crippen molar-refractivity contribution in [1.29, 1.82) is 0 Å². The van der Waals surface area contributed by atoms with Gasteiger partial charge in [-0.1, -0.05) is 71.6 Å². The molecule has 0 fully saturated rings. The van der Waals surface area contributed by atoms with E-state index in [1.165, 1.54) is 81.3 Å². The Morgan fingerprint density at radius 2 is 1.26 bits per heavy atom. The molecule has 236 valence electrons. The summed E-state index contributed by atoms with van der Waals surface area (Å²) in [5.74, 6) is 0. The van der Waals surface area contributed by atoms with Gasteiger partial charge in [0.1, 0.15) is 0 Å². The fourth-order valence-corrected chi connectivity index (χ4v) is 6.98. The Balaban J connectivity index is 0.000000185. The second-order valence-corrected chi connectivity index (χ2v) is 16.5. The SMILES string of the molecule is Cc1[c-]c2c(cc1C(C)(C)C)-c1cc(C(C)(C)C)c(C)cc1C2.[C-]1=CC=CC1.[Zr+2]=[C](CCc1ccccc1)CCc1ccccc1. The maximum atomic E-state index is 3.69. The Labute approximate surface area is 295 Å². The quantitative estimate of drug-likeness (QED) is 0.156. The molecule has 4 aromatic carbocycles. The molecule has 0 bridgehead atoms. The first-order chi connectivity index (χ1) is 21.8. The third-order valence-electron chi connectivity index (χ3n) is 8.78. The van der Waals surface area contributed by atoms with E-state index >= 15 is 0 Å². The molecule has 2 aliphatic carbocycles. The molecule has 0 atom stereocenters. The number of aryl methyl sites for hydroxylation is 4. The zero-order valence-corrected chi connectivity index (χ0v) is 31.9. The van der Waals surface area contributed by atoms with Crippen LogP contribution in [0.2, 0.25) is 0 Å². The van der Waals surface area contributed by atoms with Crippen LogP contribution in [0.4, 0.5) is 0 Å². The Morgan fingerprint density at radius 3 is 1.72 bits per heavy atom. The molecule has 1 heteroatoms. The summed E-state index contributed by atoms with van der Waals surface area (Å²) in [6.07, 6.45) is 15.9. The van der Waals surface area contributed by atoms with Crippen LogP contribution in [-0.2, 0) is 54.3 Å². The number of fused-ring (bicyclic) bond motifs is 3. The Morgan fingerprint density at radius 1 is 0.717 bits per heavy atom. The van der Waals surface area contributed by atoms with E-state index in [9.17, 15) is 0 Å². The summed E-state index contributed by atoms with van der Waals surface area (Å²) in [5, 5.41) is 0. The molecule has 0 radical (unpaired) electrons. The van der Waals surface area contributed by atoms with Crippen molar-refractivity contribution in [1.82, 2.24) is 0 Å². The first-order valence-corrected chi connectivity index (χ1v) is 18.1. The summed E-state index contributed by atoms with van der Waals surface area (Å²) < 4.78 is 1.69. The summed E-state index contributed by atoms with van der Waals surface area (Å²) in [7, 11) is 0. The molecule has 0 N–H and O–H groups in total. The molecule has 0 spiro atoms. The predicted octanol–water partition coefficient (Wildman–Crippen LogP) is 11.5. The van der Waals surface area contributed by atoms with Gasteiger partial charge in [-0.2, -0.15) is 23.8 Å². The second-order valence-electron chi connectivity index (χ2n) is 14.8. The summed E-state index contributed by atoms with van der Waals surface area (Å²) >= 11 is 1.60. The van der Waals surface area contributed by atoms with Crippen LogP contribution in [0.5, 0.6) is 0 Å². The molecule has 0 aliphatic heterocycles. The average Bonchev–Trinajstić information content (AvgIpc) is 3.70. The normalized spacial score (nSPS) is 12.9. The minimum absolute atomic E-state index is 0.163. The zero-order valence-electron chi connectivity index (χ0n) is 29.5. The number of hydrogen-bond donors (Lipinski definition) is 0. The summed E-state index contributed by atoms with van der Waals surface area (Å²) in [4.78, 5) is 0. The van der Waals surface area contributed by atoms with E-state index in [4.69, 9.17) is 0 Å².